The van der Waals surface area contributed by atoms with E-state index in [0.717, 1.165) is 57.7 Å². The molecular weight excluding hydrogens is 414 g/mol. The number of rotatable bonds is 6. The quantitative estimate of drug-likeness (QED) is 0.251. The average molecular weight is 448 g/mol. The van der Waals surface area contributed by atoms with Crippen molar-refractivity contribution in [3.8, 4) is 0 Å². The maximum absolute atomic E-state index is 13.0. The number of allylic oxidation sites excluding steroid dienone is 3. The minimum atomic E-state index is -0.462. The summed E-state index contributed by atoms with van der Waals surface area (Å²) in [5, 5.41) is 6.80. The highest BCUT2D eigenvalue weighted by Gasteiger charge is 2.56. The second kappa shape index (κ2) is 9.07. The van der Waals surface area contributed by atoms with Crippen LogP contribution in [0.15, 0.2) is 39.8 Å². The Morgan fingerprint density at radius 1 is 1.19 bits per heavy atom. The largest absolute Gasteiger partial charge is 0.390 e. The summed E-state index contributed by atoms with van der Waals surface area (Å²) in [4.78, 5) is 30.8. The van der Waals surface area contributed by atoms with E-state index < -0.39 is 5.66 Å². The Labute approximate surface area is 189 Å². The van der Waals surface area contributed by atoms with Crippen molar-refractivity contribution in [1.29, 1.82) is 0 Å². The van der Waals surface area contributed by atoms with Crippen molar-refractivity contribution in [2.24, 2.45) is 16.1 Å². The molecule has 3 fully saturated rings. The highest BCUT2D eigenvalue weighted by molar-refractivity contribution is 6.33. The lowest BCUT2D eigenvalue weighted by molar-refractivity contribution is -0.118. The topological polar surface area (TPSA) is 99.8 Å². The third kappa shape index (κ3) is 4.38. The van der Waals surface area contributed by atoms with Gasteiger partial charge in [-0.3, -0.25) is 9.59 Å². The highest BCUT2D eigenvalue weighted by Crippen LogP contribution is 2.49. The molecule has 170 valence electrons. The van der Waals surface area contributed by atoms with Gasteiger partial charge in [0.05, 0.1) is 22.6 Å². The van der Waals surface area contributed by atoms with Crippen molar-refractivity contribution in [2.75, 3.05) is 7.05 Å². The summed E-state index contributed by atoms with van der Waals surface area (Å²) in [6.45, 7) is 4.38. The third-order valence-corrected chi connectivity index (χ3v) is 7.53. The van der Waals surface area contributed by atoms with Crippen molar-refractivity contribution in [3.63, 3.8) is 0 Å². The molecule has 1 aliphatic heterocycles. The zero-order valence-corrected chi connectivity index (χ0v) is 19.5. The van der Waals surface area contributed by atoms with Crippen LogP contribution in [0.1, 0.15) is 65.2 Å². The van der Waals surface area contributed by atoms with Crippen molar-refractivity contribution < 1.29 is 9.59 Å². The number of carbonyl (C=O) groups is 2. The molecule has 31 heavy (non-hydrogen) atoms. The Kier molecular flexibility index (Phi) is 6.84. The van der Waals surface area contributed by atoms with Gasteiger partial charge in [-0.15, -0.1) is 0 Å². The lowest BCUT2D eigenvalue weighted by Crippen LogP contribution is -2.61. The predicted octanol–water partition coefficient (Wildman–Crippen LogP) is 3.28. The number of hydrogen-bond acceptors (Lipinski definition) is 5. The number of aliphatic imine (C=N–C) groups is 1. The molecule has 0 bridgehead atoms. The van der Waals surface area contributed by atoms with E-state index in [-0.39, 0.29) is 21.9 Å². The number of nitrogens with two attached hydrogens (primary N) is 1. The predicted molar refractivity (Wildman–Crippen MR) is 124 cm³/mol. The van der Waals surface area contributed by atoms with Crippen LogP contribution < -0.4 is 16.4 Å². The van der Waals surface area contributed by atoms with Gasteiger partial charge in [0.1, 0.15) is 11.4 Å². The fourth-order valence-corrected chi connectivity index (χ4v) is 5.79. The van der Waals surface area contributed by atoms with Gasteiger partial charge in [0, 0.05) is 18.7 Å². The molecule has 1 spiro atoms. The number of nitrogens with zero attached hydrogens (tertiary/aromatic N) is 2. The van der Waals surface area contributed by atoms with Crippen LogP contribution in [0.25, 0.3) is 0 Å². The van der Waals surface area contributed by atoms with Crippen LogP contribution in [0.4, 0.5) is 0 Å². The number of nitrogens with one attached hydrogen (secondary N) is 2. The monoisotopic (exact) mass is 447 g/mol. The minimum absolute atomic E-state index is 0.0910. The van der Waals surface area contributed by atoms with Crippen LogP contribution in [0.3, 0.4) is 0 Å². The van der Waals surface area contributed by atoms with Crippen LogP contribution >= 0.6 is 11.6 Å². The molecule has 0 aromatic carbocycles. The molecular formula is C23H34ClN5O2. The summed E-state index contributed by atoms with van der Waals surface area (Å²) in [6.07, 6.45) is 15.1. The third-order valence-electron chi connectivity index (χ3n) is 7.24. The molecule has 4 N–H and O–H groups in total. The van der Waals surface area contributed by atoms with Gasteiger partial charge in [-0.2, -0.15) is 0 Å². The SMILES string of the molecule is CN1/C(=C(Cl)\C=C(/C=O)NC2(/C=C\N=C/N)CCCC2)C(=O)NC12CCCCC2(C)C. The fourth-order valence-electron chi connectivity index (χ4n) is 5.46. The number of hydrogen-bond donors (Lipinski definition) is 3. The molecule has 0 radical (unpaired) electrons. The molecule has 1 amide bonds. The zero-order valence-electron chi connectivity index (χ0n) is 18.7. The Morgan fingerprint density at radius 3 is 2.45 bits per heavy atom. The normalized spacial score (nSPS) is 29.7. The van der Waals surface area contributed by atoms with Crippen molar-refractivity contribution in [2.45, 2.75) is 76.4 Å². The first-order valence-electron chi connectivity index (χ1n) is 11.0. The van der Waals surface area contributed by atoms with E-state index in [1.807, 2.05) is 18.0 Å². The van der Waals surface area contributed by atoms with Crippen LogP contribution in [0.5, 0.6) is 0 Å². The maximum atomic E-state index is 13.0. The highest BCUT2D eigenvalue weighted by atomic mass is 35.5. The van der Waals surface area contributed by atoms with Crippen LogP contribution in [-0.4, -0.2) is 41.7 Å². The van der Waals surface area contributed by atoms with Gasteiger partial charge in [-0.05, 0) is 44.3 Å². The van der Waals surface area contributed by atoms with Crippen LogP contribution in [0.2, 0.25) is 0 Å². The molecule has 2 saturated carbocycles. The summed E-state index contributed by atoms with van der Waals surface area (Å²) in [7, 11) is 1.91. The van der Waals surface area contributed by atoms with Gasteiger partial charge in [-0.1, -0.05) is 44.7 Å². The van der Waals surface area contributed by atoms with Gasteiger partial charge in [0.25, 0.3) is 5.91 Å². The molecule has 0 aromatic rings. The molecule has 3 rings (SSSR count). The van der Waals surface area contributed by atoms with E-state index in [1.165, 1.54) is 6.34 Å². The molecule has 1 atom stereocenters. The summed E-state index contributed by atoms with van der Waals surface area (Å²) >= 11 is 6.65. The molecule has 1 saturated heterocycles. The van der Waals surface area contributed by atoms with Gasteiger partial charge in [0.2, 0.25) is 0 Å². The number of carbonyl (C=O) groups excluding carboxylic acids is 2. The van der Waals surface area contributed by atoms with E-state index in [4.69, 9.17) is 17.3 Å². The summed E-state index contributed by atoms with van der Waals surface area (Å²) in [5.74, 6) is -0.197. The summed E-state index contributed by atoms with van der Waals surface area (Å²) in [5.41, 5.74) is 5.14. The Bertz CT molecular complexity index is 839. The Balaban J connectivity index is 1.91. The lowest BCUT2D eigenvalue weighted by Gasteiger charge is -2.51. The lowest BCUT2D eigenvalue weighted by atomic mass is 9.68. The number of halogens is 1. The van der Waals surface area contributed by atoms with E-state index in [2.05, 4.69) is 29.5 Å². The number of aldehydes is 1. The Morgan fingerprint density at radius 2 is 1.84 bits per heavy atom. The summed E-state index contributed by atoms with van der Waals surface area (Å²) in [6, 6.07) is 0. The second-order valence-corrected chi connectivity index (χ2v) is 9.89. The van der Waals surface area contributed by atoms with E-state index >= 15 is 0 Å². The maximum Gasteiger partial charge on any atom is 0.271 e. The van der Waals surface area contributed by atoms with Crippen molar-refractivity contribution >= 4 is 30.1 Å². The number of amides is 1. The molecule has 8 heteroatoms. The number of likely N-dealkylation sites (N-methyl/N-ethyl adjacent to an activating group) is 1. The molecule has 0 aromatic heterocycles. The van der Waals surface area contributed by atoms with Crippen LogP contribution in [-0.2, 0) is 9.59 Å². The zero-order chi connectivity index (χ0) is 22.7. The molecule has 2 aliphatic carbocycles. The first-order chi connectivity index (χ1) is 14.7. The molecule has 1 heterocycles. The van der Waals surface area contributed by atoms with Crippen molar-refractivity contribution in [1.82, 2.24) is 15.5 Å². The first kappa shape index (κ1) is 23.4. The standard InChI is InChI=1S/C23H34ClN5O2/c1-21(2)8-4-7-11-23(21)28-20(31)19(29(23)3)18(24)14-17(15-30)27-22(9-5-6-10-22)12-13-26-16-25/h12-16,27H,4-11H2,1-3H3,(H2,25,26)(H,28,31)/b13-12-,17-14+,19-18+. The van der Waals surface area contributed by atoms with Gasteiger partial charge in [0.15, 0.2) is 6.29 Å². The van der Waals surface area contributed by atoms with Gasteiger partial charge < -0.3 is 21.3 Å². The molecule has 7 nitrogen and oxygen atoms in total. The van der Waals surface area contributed by atoms with Gasteiger partial charge in [-0.25, -0.2) is 4.99 Å². The molecule has 1 unspecified atom stereocenters. The first-order valence-corrected chi connectivity index (χ1v) is 11.4. The summed E-state index contributed by atoms with van der Waals surface area (Å²) < 4.78 is 0. The Hall–Kier alpha value is -2.28. The average Bonchev–Trinajstić information content (AvgIpc) is 3.27. The van der Waals surface area contributed by atoms with E-state index in [9.17, 15) is 9.59 Å². The van der Waals surface area contributed by atoms with Crippen LogP contribution in [0, 0.1) is 5.41 Å². The smallest absolute Gasteiger partial charge is 0.271 e. The van der Waals surface area contributed by atoms with E-state index in [0.29, 0.717) is 11.4 Å². The molecule has 3 aliphatic rings. The second-order valence-electron chi connectivity index (χ2n) is 9.48. The minimum Gasteiger partial charge on any atom is -0.390 e. The van der Waals surface area contributed by atoms with E-state index in [1.54, 1.807) is 12.3 Å². The van der Waals surface area contributed by atoms with Crippen molar-refractivity contribution in [3.05, 3.63) is 34.8 Å². The van der Waals surface area contributed by atoms with Gasteiger partial charge >= 0.3 is 0 Å². The fraction of sp³-hybridized carbons (Fsp3) is 0.609.